The fourth-order valence-corrected chi connectivity index (χ4v) is 3.18. The first-order valence-electron chi connectivity index (χ1n) is 8.67. The lowest BCUT2D eigenvalue weighted by Gasteiger charge is -2.16. The molecule has 0 fully saturated rings. The summed E-state index contributed by atoms with van der Waals surface area (Å²) in [5, 5.41) is 6.52. The Kier molecular flexibility index (Phi) is 11.0. The molecular weight excluding hydrogens is 538 g/mol. The number of nitrogens with zero attached hydrogens (tertiary/aromatic N) is 3. The monoisotopic (exact) mass is 561 g/mol. The molecule has 0 saturated carbocycles. The van der Waals surface area contributed by atoms with Crippen molar-refractivity contribution in [3.05, 3.63) is 46.0 Å². The number of hydrogen-bond acceptors (Lipinski definition) is 3. The van der Waals surface area contributed by atoms with Crippen molar-refractivity contribution in [2.24, 2.45) is 10.9 Å². The van der Waals surface area contributed by atoms with Crippen LogP contribution in [0.1, 0.15) is 25.2 Å². The van der Waals surface area contributed by atoms with E-state index in [4.69, 9.17) is 23.2 Å². The summed E-state index contributed by atoms with van der Waals surface area (Å²) in [6.45, 7) is 2.73. The van der Waals surface area contributed by atoms with Crippen LogP contribution in [0, 0.1) is 5.92 Å². The molecule has 0 aliphatic carbocycles. The smallest absolute Gasteiger partial charge is 0.387 e. The number of benzene rings is 1. The summed E-state index contributed by atoms with van der Waals surface area (Å²) in [4.78, 5) is 8.47. The highest BCUT2D eigenvalue weighted by molar-refractivity contribution is 14.0. The number of aliphatic imine (C=N–C) groups is 1. The second kappa shape index (κ2) is 12.4. The van der Waals surface area contributed by atoms with Crippen molar-refractivity contribution in [3.63, 3.8) is 0 Å². The van der Waals surface area contributed by atoms with Crippen LogP contribution >= 0.6 is 47.2 Å². The predicted molar refractivity (Wildman–Crippen MR) is 123 cm³/mol. The number of rotatable bonds is 8. The van der Waals surface area contributed by atoms with E-state index in [9.17, 15) is 8.78 Å². The molecule has 0 unspecified atom stereocenters. The van der Waals surface area contributed by atoms with Gasteiger partial charge in [-0.05, 0) is 18.1 Å². The number of hydrogen-bond donors (Lipinski definition) is 2. The van der Waals surface area contributed by atoms with Crippen LogP contribution in [0.15, 0.2) is 29.5 Å². The highest BCUT2D eigenvalue weighted by Gasteiger charge is 2.16. The van der Waals surface area contributed by atoms with Gasteiger partial charge in [-0.15, -0.1) is 24.0 Å². The number of alkyl halides is 2. The first-order valence-corrected chi connectivity index (χ1v) is 9.43. The molecule has 0 aliphatic rings. The molecule has 29 heavy (non-hydrogen) atoms. The van der Waals surface area contributed by atoms with Crippen LogP contribution < -0.4 is 15.4 Å². The molecular formula is C18H24Cl2F2IN5O. The SMILES string of the molecule is CN=C(NCc1cc(Cl)cc(Cl)c1OC(F)F)NCc1nccn1CC(C)C.I. The first kappa shape index (κ1) is 25.7. The van der Waals surface area contributed by atoms with Crippen molar-refractivity contribution >= 4 is 53.1 Å². The van der Waals surface area contributed by atoms with Gasteiger partial charge in [-0.25, -0.2) is 4.98 Å². The first-order chi connectivity index (χ1) is 13.3. The summed E-state index contributed by atoms with van der Waals surface area (Å²) in [5.41, 5.74) is 0.391. The molecule has 0 radical (unpaired) electrons. The molecule has 2 rings (SSSR count). The molecule has 0 saturated heterocycles. The van der Waals surface area contributed by atoms with Gasteiger partial charge in [0, 0.05) is 43.1 Å². The van der Waals surface area contributed by atoms with Crippen molar-refractivity contribution in [3.8, 4) is 5.75 Å². The summed E-state index contributed by atoms with van der Waals surface area (Å²) in [6, 6.07) is 2.87. The number of ether oxygens (including phenoxy) is 1. The normalized spacial score (nSPS) is 11.6. The third-order valence-electron chi connectivity index (χ3n) is 3.74. The van der Waals surface area contributed by atoms with E-state index >= 15 is 0 Å². The summed E-state index contributed by atoms with van der Waals surface area (Å²) >= 11 is 12.0. The molecule has 11 heteroatoms. The summed E-state index contributed by atoms with van der Waals surface area (Å²) in [7, 11) is 1.61. The topological polar surface area (TPSA) is 63.5 Å². The molecule has 6 nitrogen and oxygen atoms in total. The van der Waals surface area contributed by atoms with Crippen molar-refractivity contribution in [1.82, 2.24) is 20.2 Å². The molecule has 162 valence electrons. The van der Waals surface area contributed by atoms with E-state index in [-0.39, 0.29) is 41.3 Å². The molecule has 0 atom stereocenters. The van der Waals surface area contributed by atoms with Crippen LogP contribution in [-0.2, 0) is 19.6 Å². The second-order valence-corrected chi connectivity index (χ2v) is 7.27. The lowest BCUT2D eigenvalue weighted by molar-refractivity contribution is -0.0504. The van der Waals surface area contributed by atoms with E-state index in [0.717, 1.165) is 12.4 Å². The molecule has 0 spiro atoms. The zero-order valence-corrected chi connectivity index (χ0v) is 20.1. The Hall–Kier alpha value is -1.33. The van der Waals surface area contributed by atoms with Crippen molar-refractivity contribution in [2.45, 2.75) is 40.1 Å². The average molecular weight is 562 g/mol. The minimum Gasteiger partial charge on any atom is -0.433 e. The Labute approximate surface area is 196 Å². The Morgan fingerprint density at radius 1 is 1.24 bits per heavy atom. The molecule has 2 aromatic rings. The van der Waals surface area contributed by atoms with Crippen LogP contribution in [0.4, 0.5) is 8.78 Å². The van der Waals surface area contributed by atoms with Crippen molar-refractivity contribution in [1.29, 1.82) is 0 Å². The van der Waals surface area contributed by atoms with Crippen LogP contribution in [0.3, 0.4) is 0 Å². The maximum Gasteiger partial charge on any atom is 0.387 e. The number of imidazole rings is 1. The average Bonchev–Trinajstić information content (AvgIpc) is 3.04. The number of aromatic nitrogens is 2. The zero-order valence-electron chi connectivity index (χ0n) is 16.3. The van der Waals surface area contributed by atoms with Gasteiger partial charge in [0.15, 0.2) is 5.96 Å². The number of guanidine groups is 1. The van der Waals surface area contributed by atoms with E-state index in [0.29, 0.717) is 29.0 Å². The Morgan fingerprint density at radius 2 is 1.93 bits per heavy atom. The van der Waals surface area contributed by atoms with Gasteiger partial charge >= 0.3 is 6.61 Å². The van der Waals surface area contributed by atoms with Crippen molar-refractivity contribution < 1.29 is 13.5 Å². The Balaban J connectivity index is 0.00000420. The molecule has 0 amide bonds. The van der Waals surface area contributed by atoms with E-state index in [1.807, 2.05) is 6.20 Å². The van der Waals surface area contributed by atoms with Crippen LogP contribution in [0.5, 0.6) is 5.75 Å². The largest absolute Gasteiger partial charge is 0.433 e. The molecule has 1 aromatic carbocycles. The molecule has 1 aromatic heterocycles. The van der Waals surface area contributed by atoms with Gasteiger partial charge < -0.3 is 19.9 Å². The van der Waals surface area contributed by atoms with Gasteiger partial charge in [-0.1, -0.05) is 37.0 Å². The summed E-state index contributed by atoms with van der Waals surface area (Å²) in [5.74, 6) is 1.71. The van der Waals surface area contributed by atoms with Gasteiger partial charge in [-0.3, -0.25) is 4.99 Å². The van der Waals surface area contributed by atoms with Crippen LogP contribution in [-0.4, -0.2) is 29.2 Å². The Bertz CT molecular complexity index is 818. The number of nitrogens with one attached hydrogen (secondary N) is 2. The fourth-order valence-electron chi connectivity index (χ4n) is 2.60. The zero-order chi connectivity index (χ0) is 20.7. The van der Waals surface area contributed by atoms with Gasteiger partial charge in [0.1, 0.15) is 11.6 Å². The minimum absolute atomic E-state index is 0. The molecule has 2 N–H and O–H groups in total. The van der Waals surface area contributed by atoms with E-state index < -0.39 is 6.61 Å². The van der Waals surface area contributed by atoms with E-state index in [2.05, 4.69) is 43.8 Å². The van der Waals surface area contributed by atoms with Crippen LogP contribution in [0.2, 0.25) is 10.0 Å². The molecule has 1 heterocycles. The quantitative estimate of drug-likeness (QED) is 0.272. The highest BCUT2D eigenvalue weighted by Crippen LogP contribution is 2.33. The second-order valence-electron chi connectivity index (χ2n) is 6.42. The lowest BCUT2D eigenvalue weighted by atomic mass is 10.2. The van der Waals surface area contributed by atoms with E-state index in [1.54, 1.807) is 13.2 Å². The fraction of sp³-hybridized carbons (Fsp3) is 0.444. The molecule has 0 aliphatic heterocycles. The van der Waals surface area contributed by atoms with Gasteiger partial charge in [0.25, 0.3) is 0 Å². The standard InChI is InChI=1S/C18H23Cl2F2N5O.HI/c1-11(2)10-27-5-4-24-15(27)9-26-18(23-3)25-8-12-6-13(19)7-14(20)16(12)28-17(21)22;/h4-7,11,17H,8-10H2,1-3H3,(H2,23,25,26);1H. The maximum atomic E-state index is 12.7. The van der Waals surface area contributed by atoms with E-state index in [1.165, 1.54) is 12.1 Å². The van der Waals surface area contributed by atoms with Crippen LogP contribution in [0.25, 0.3) is 0 Å². The third-order valence-corrected chi connectivity index (χ3v) is 4.24. The van der Waals surface area contributed by atoms with Gasteiger partial charge in [0.05, 0.1) is 11.6 Å². The number of halogens is 5. The third kappa shape index (κ3) is 8.13. The minimum atomic E-state index is -2.99. The maximum absolute atomic E-state index is 12.7. The lowest BCUT2D eigenvalue weighted by Crippen LogP contribution is -2.37. The van der Waals surface area contributed by atoms with Gasteiger partial charge in [0.2, 0.25) is 0 Å². The van der Waals surface area contributed by atoms with Gasteiger partial charge in [-0.2, -0.15) is 8.78 Å². The summed E-state index contributed by atoms with van der Waals surface area (Å²) in [6.07, 6.45) is 3.67. The predicted octanol–water partition coefficient (Wildman–Crippen LogP) is 4.93. The summed E-state index contributed by atoms with van der Waals surface area (Å²) < 4.78 is 31.9. The molecule has 0 bridgehead atoms. The van der Waals surface area contributed by atoms with Crippen molar-refractivity contribution in [2.75, 3.05) is 7.05 Å². The highest BCUT2D eigenvalue weighted by atomic mass is 127. The Morgan fingerprint density at radius 3 is 2.55 bits per heavy atom.